The predicted molar refractivity (Wildman–Crippen MR) is 104 cm³/mol. The molecule has 0 atom stereocenters. The summed E-state index contributed by atoms with van der Waals surface area (Å²) in [7, 11) is 1.83. The number of nitrogens with one attached hydrogen (secondary N) is 1. The number of hydrogen-bond donors (Lipinski definition) is 1. The predicted octanol–water partition coefficient (Wildman–Crippen LogP) is 3.31. The minimum absolute atomic E-state index is 0.331. The lowest BCUT2D eigenvalue weighted by atomic mass is 10.1. The molecule has 1 aliphatic rings. The van der Waals surface area contributed by atoms with Crippen molar-refractivity contribution in [2.75, 3.05) is 43.0 Å². The van der Waals surface area contributed by atoms with Crippen molar-refractivity contribution in [3.8, 4) is 0 Å². The SMILES string of the molecule is CCn1nc2c(F)cc(N3CCNCC3)cc2c1N(C)c1c[c]cc(F)c1. The summed E-state index contributed by atoms with van der Waals surface area (Å²) in [6.45, 7) is 5.94. The number of benzene rings is 2. The summed E-state index contributed by atoms with van der Waals surface area (Å²) < 4.78 is 30.3. The number of piperazine rings is 1. The van der Waals surface area contributed by atoms with Crippen LogP contribution in [0.25, 0.3) is 10.9 Å². The van der Waals surface area contributed by atoms with Crippen LogP contribution in [0.5, 0.6) is 0 Å². The molecular formula is C20H22F2N5. The molecule has 2 heterocycles. The second kappa shape index (κ2) is 7.15. The van der Waals surface area contributed by atoms with Gasteiger partial charge >= 0.3 is 0 Å². The molecule has 7 heteroatoms. The quantitative estimate of drug-likeness (QED) is 0.764. The smallest absolute Gasteiger partial charge is 0.153 e. The minimum atomic E-state index is -0.362. The third kappa shape index (κ3) is 3.23. The Morgan fingerprint density at radius 3 is 2.67 bits per heavy atom. The first-order valence-electron chi connectivity index (χ1n) is 9.14. The van der Waals surface area contributed by atoms with Gasteiger partial charge in [0.25, 0.3) is 0 Å². The summed E-state index contributed by atoms with van der Waals surface area (Å²) in [5.74, 6) is 0.0370. The van der Waals surface area contributed by atoms with E-state index in [0.717, 1.165) is 43.1 Å². The van der Waals surface area contributed by atoms with Gasteiger partial charge in [0.2, 0.25) is 0 Å². The number of halogens is 2. The topological polar surface area (TPSA) is 36.3 Å². The number of nitrogens with zero attached hydrogens (tertiary/aromatic N) is 4. The summed E-state index contributed by atoms with van der Waals surface area (Å²) in [4.78, 5) is 4.00. The summed E-state index contributed by atoms with van der Waals surface area (Å²) >= 11 is 0. The molecule has 0 bridgehead atoms. The number of rotatable bonds is 4. The van der Waals surface area contributed by atoms with E-state index >= 15 is 0 Å². The van der Waals surface area contributed by atoms with E-state index in [1.807, 2.05) is 24.9 Å². The van der Waals surface area contributed by atoms with E-state index in [0.29, 0.717) is 17.7 Å². The van der Waals surface area contributed by atoms with Crippen LogP contribution in [0, 0.1) is 17.7 Å². The third-order valence-corrected chi connectivity index (χ3v) is 4.98. The van der Waals surface area contributed by atoms with Gasteiger partial charge in [-0.25, -0.2) is 13.5 Å². The van der Waals surface area contributed by atoms with E-state index in [2.05, 4.69) is 21.4 Å². The van der Waals surface area contributed by atoms with Crippen LogP contribution in [0.1, 0.15) is 6.92 Å². The molecule has 27 heavy (non-hydrogen) atoms. The summed E-state index contributed by atoms with van der Waals surface area (Å²) in [6, 6.07) is 10.8. The molecule has 0 aliphatic carbocycles. The molecule has 4 rings (SSSR count). The fourth-order valence-corrected chi connectivity index (χ4v) is 3.59. The van der Waals surface area contributed by atoms with Crippen LogP contribution in [-0.2, 0) is 6.54 Å². The Balaban J connectivity index is 1.86. The van der Waals surface area contributed by atoms with Crippen LogP contribution in [0.15, 0.2) is 30.3 Å². The van der Waals surface area contributed by atoms with Crippen molar-refractivity contribution in [1.29, 1.82) is 0 Å². The van der Waals surface area contributed by atoms with Gasteiger partial charge in [-0.1, -0.05) is 0 Å². The molecular weight excluding hydrogens is 348 g/mol. The van der Waals surface area contributed by atoms with Crippen molar-refractivity contribution in [3.05, 3.63) is 48.0 Å². The highest BCUT2D eigenvalue weighted by Gasteiger charge is 2.21. The second-order valence-electron chi connectivity index (χ2n) is 6.67. The molecule has 0 amide bonds. The minimum Gasteiger partial charge on any atom is -0.369 e. The lowest BCUT2D eigenvalue weighted by molar-refractivity contribution is 0.585. The zero-order valence-electron chi connectivity index (χ0n) is 15.5. The molecule has 141 valence electrons. The first kappa shape index (κ1) is 17.7. The Kier molecular flexibility index (Phi) is 4.70. The Morgan fingerprint density at radius 1 is 1.19 bits per heavy atom. The van der Waals surface area contributed by atoms with E-state index in [-0.39, 0.29) is 11.6 Å². The lowest BCUT2D eigenvalue weighted by Gasteiger charge is -2.29. The number of aromatic nitrogens is 2. The summed E-state index contributed by atoms with van der Waals surface area (Å²) in [5.41, 5.74) is 1.81. The van der Waals surface area contributed by atoms with Crippen LogP contribution in [0.3, 0.4) is 0 Å². The monoisotopic (exact) mass is 370 g/mol. The zero-order valence-corrected chi connectivity index (χ0v) is 15.5. The van der Waals surface area contributed by atoms with E-state index in [1.165, 1.54) is 12.1 Å². The first-order valence-corrected chi connectivity index (χ1v) is 9.14. The molecule has 2 aromatic carbocycles. The van der Waals surface area contributed by atoms with Gasteiger partial charge in [-0.15, -0.1) is 0 Å². The molecule has 1 aromatic heterocycles. The van der Waals surface area contributed by atoms with E-state index < -0.39 is 0 Å². The highest BCUT2D eigenvalue weighted by atomic mass is 19.1. The summed E-state index contributed by atoms with van der Waals surface area (Å²) in [6.07, 6.45) is 0. The molecule has 0 spiro atoms. The highest BCUT2D eigenvalue weighted by molar-refractivity contribution is 5.95. The van der Waals surface area contributed by atoms with E-state index in [4.69, 9.17) is 0 Å². The van der Waals surface area contributed by atoms with Crippen molar-refractivity contribution >= 4 is 28.1 Å². The highest BCUT2D eigenvalue weighted by Crippen LogP contribution is 2.35. The van der Waals surface area contributed by atoms with E-state index in [9.17, 15) is 8.78 Å². The maximum atomic E-state index is 14.9. The summed E-state index contributed by atoms with van der Waals surface area (Å²) in [5, 5.41) is 8.48. The van der Waals surface area contributed by atoms with Gasteiger partial charge in [-0.2, -0.15) is 5.10 Å². The average Bonchev–Trinajstić information content (AvgIpc) is 3.07. The first-order chi connectivity index (χ1) is 13.1. The molecule has 1 fully saturated rings. The molecule has 0 saturated carbocycles. The van der Waals surface area contributed by atoms with Gasteiger partial charge in [-0.05, 0) is 43.3 Å². The van der Waals surface area contributed by atoms with E-state index in [1.54, 1.807) is 16.8 Å². The number of aryl methyl sites for hydroxylation is 1. The van der Waals surface area contributed by atoms with Crippen molar-refractivity contribution in [2.45, 2.75) is 13.5 Å². The molecule has 0 unspecified atom stereocenters. The molecule has 1 saturated heterocycles. The lowest BCUT2D eigenvalue weighted by Crippen LogP contribution is -2.43. The maximum absolute atomic E-state index is 14.9. The van der Waals surface area contributed by atoms with Gasteiger partial charge in [-0.3, -0.25) is 0 Å². The van der Waals surface area contributed by atoms with Crippen LogP contribution < -0.4 is 15.1 Å². The molecule has 3 aromatic rings. The molecule has 1 N–H and O–H groups in total. The zero-order chi connectivity index (χ0) is 19.0. The van der Waals surface area contributed by atoms with Crippen molar-refractivity contribution < 1.29 is 8.78 Å². The van der Waals surface area contributed by atoms with Crippen LogP contribution in [0.4, 0.5) is 26.0 Å². The Morgan fingerprint density at radius 2 is 1.96 bits per heavy atom. The molecule has 1 aliphatic heterocycles. The Bertz CT molecular complexity index is 962. The standard InChI is InChI=1S/C20H22F2N5/c1-3-27-20(25(2)15-6-4-5-14(21)11-15)17-12-16(13-18(22)19(17)24-27)26-9-7-23-8-10-26/h5-6,11-13,23H,3,7-10H2,1-2H3. The maximum Gasteiger partial charge on any atom is 0.153 e. The Hall–Kier alpha value is -2.67. The largest absolute Gasteiger partial charge is 0.369 e. The molecule has 5 nitrogen and oxygen atoms in total. The van der Waals surface area contributed by atoms with Crippen molar-refractivity contribution in [2.24, 2.45) is 0 Å². The van der Waals surface area contributed by atoms with Gasteiger partial charge in [0, 0.05) is 56.5 Å². The van der Waals surface area contributed by atoms with Crippen molar-refractivity contribution in [3.63, 3.8) is 0 Å². The fourth-order valence-electron chi connectivity index (χ4n) is 3.59. The number of anilines is 3. The number of fused-ring (bicyclic) bond motifs is 1. The fraction of sp³-hybridized carbons (Fsp3) is 0.350. The molecule has 1 radical (unpaired) electrons. The normalized spacial score (nSPS) is 14.7. The van der Waals surface area contributed by atoms with Crippen molar-refractivity contribution in [1.82, 2.24) is 15.1 Å². The van der Waals surface area contributed by atoms with Gasteiger partial charge in [0.1, 0.15) is 17.2 Å². The van der Waals surface area contributed by atoms with Gasteiger partial charge in [0.05, 0.1) is 0 Å². The average molecular weight is 370 g/mol. The van der Waals surface area contributed by atoms with Gasteiger partial charge in [0.15, 0.2) is 5.82 Å². The van der Waals surface area contributed by atoms with Crippen LogP contribution in [-0.4, -0.2) is 43.0 Å². The Labute approximate surface area is 157 Å². The number of hydrogen-bond acceptors (Lipinski definition) is 4. The third-order valence-electron chi connectivity index (χ3n) is 4.98. The van der Waals surface area contributed by atoms with Crippen LogP contribution in [0.2, 0.25) is 0 Å². The van der Waals surface area contributed by atoms with Crippen LogP contribution >= 0.6 is 0 Å². The van der Waals surface area contributed by atoms with Gasteiger partial charge < -0.3 is 15.1 Å². The second-order valence-corrected chi connectivity index (χ2v) is 6.67.